The lowest BCUT2D eigenvalue weighted by Crippen LogP contribution is -2.05. The molecule has 1 aromatic rings. The van der Waals surface area contributed by atoms with E-state index in [0.717, 1.165) is 4.90 Å². The summed E-state index contributed by atoms with van der Waals surface area (Å²) in [5, 5.41) is 8.53. The number of carboxylic acids is 1. The Kier molecular flexibility index (Phi) is 3.95. The van der Waals surface area contributed by atoms with Crippen LogP contribution in [0.4, 0.5) is 4.39 Å². The molecule has 0 saturated carbocycles. The molecule has 0 aromatic heterocycles. The zero-order valence-corrected chi connectivity index (χ0v) is 8.55. The Hall–Kier alpha value is -1.03. The summed E-state index contributed by atoms with van der Waals surface area (Å²) in [5.74, 6) is -1.09. The summed E-state index contributed by atoms with van der Waals surface area (Å²) in [6.45, 7) is 1.84. The van der Waals surface area contributed by atoms with Crippen molar-refractivity contribution >= 4 is 17.7 Å². The molecule has 76 valence electrons. The molecular formula is C10H11FO2S. The molecule has 4 heteroatoms. The van der Waals surface area contributed by atoms with Crippen LogP contribution in [-0.4, -0.2) is 16.3 Å². The van der Waals surface area contributed by atoms with Crippen LogP contribution in [0.25, 0.3) is 0 Å². The summed E-state index contributed by atoms with van der Waals surface area (Å²) in [7, 11) is 0. The van der Waals surface area contributed by atoms with E-state index in [1.54, 1.807) is 12.1 Å². The van der Waals surface area contributed by atoms with Crippen molar-refractivity contribution in [2.45, 2.75) is 23.5 Å². The van der Waals surface area contributed by atoms with Crippen LogP contribution < -0.4 is 0 Å². The normalized spacial score (nSPS) is 12.4. The molecule has 0 radical (unpaired) electrons. The molecule has 1 N–H and O–H groups in total. The van der Waals surface area contributed by atoms with Gasteiger partial charge in [-0.15, -0.1) is 11.8 Å². The van der Waals surface area contributed by atoms with Crippen LogP contribution in [0.3, 0.4) is 0 Å². The molecule has 1 atom stereocenters. The number of hydrogen-bond acceptors (Lipinski definition) is 2. The van der Waals surface area contributed by atoms with Crippen LogP contribution >= 0.6 is 11.8 Å². The monoisotopic (exact) mass is 214 g/mol. The molecule has 0 heterocycles. The molecular weight excluding hydrogens is 203 g/mol. The third-order valence-electron chi connectivity index (χ3n) is 1.61. The lowest BCUT2D eigenvalue weighted by Gasteiger charge is -2.07. The van der Waals surface area contributed by atoms with Gasteiger partial charge >= 0.3 is 5.97 Å². The number of carbonyl (C=O) groups is 1. The molecule has 1 aromatic carbocycles. The maximum absolute atomic E-state index is 12.5. The van der Waals surface area contributed by atoms with Gasteiger partial charge in [0.05, 0.1) is 6.42 Å². The maximum atomic E-state index is 12.5. The van der Waals surface area contributed by atoms with Crippen molar-refractivity contribution in [1.82, 2.24) is 0 Å². The summed E-state index contributed by atoms with van der Waals surface area (Å²) < 4.78 is 12.5. The van der Waals surface area contributed by atoms with Crippen LogP contribution in [0, 0.1) is 5.82 Å². The molecule has 1 rings (SSSR count). The van der Waals surface area contributed by atoms with Gasteiger partial charge in [0.2, 0.25) is 0 Å². The molecule has 0 aliphatic carbocycles. The van der Waals surface area contributed by atoms with E-state index in [4.69, 9.17) is 5.11 Å². The number of rotatable bonds is 4. The van der Waals surface area contributed by atoms with E-state index in [0.29, 0.717) is 0 Å². The molecule has 0 aliphatic rings. The van der Waals surface area contributed by atoms with E-state index >= 15 is 0 Å². The van der Waals surface area contributed by atoms with Gasteiger partial charge in [0.25, 0.3) is 0 Å². The molecule has 0 spiro atoms. The molecule has 2 nitrogen and oxygen atoms in total. The van der Waals surface area contributed by atoms with E-state index in [2.05, 4.69) is 0 Å². The minimum atomic E-state index is -0.813. The zero-order valence-electron chi connectivity index (χ0n) is 7.74. The minimum absolute atomic E-state index is 0.00189. The Morgan fingerprint density at radius 2 is 2.07 bits per heavy atom. The molecule has 0 saturated heterocycles. The number of hydrogen-bond donors (Lipinski definition) is 1. The highest BCUT2D eigenvalue weighted by Crippen LogP contribution is 2.24. The Labute approximate surface area is 86.1 Å². The van der Waals surface area contributed by atoms with Crippen molar-refractivity contribution in [3.63, 3.8) is 0 Å². The number of thioether (sulfide) groups is 1. The maximum Gasteiger partial charge on any atom is 0.304 e. The third-order valence-corrected chi connectivity index (χ3v) is 2.73. The number of halogens is 1. The van der Waals surface area contributed by atoms with Gasteiger partial charge in [0, 0.05) is 10.1 Å². The van der Waals surface area contributed by atoms with Crippen molar-refractivity contribution in [3.05, 3.63) is 30.1 Å². The van der Waals surface area contributed by atoms with Crippen LogP contribution in [0.5, 0.6) is 0 Å². The van der Waals surface area contributed by atoms with Gasteiger partial charge in [-0.1, -0.05) is 6.92 Å². The second-order valence-corrected chi connectivity index (χ2v) is 4.49. The number of benzene rings is 1. The van der Waals surface area contributed by atoms with Crippen molar-refractivity contribution in [2.75, 3.05) is 0 Å². The van der Waals surface area contributed by atoms with Crippen LogP contribution in [0.15, 0.2) is 29.2 Å². The standard InChI is InChI=1S/C10H11FO2S/c1-7(6-10(12)13)14-9-4-2-8(11)3-5-9/h2-5,7H,6H2,1H3,(H,12,13)/t7-/m0/s1. The second kappa shape index (κ2) is 5.00. The summed E-state index contributed by atoms with van der Waals surface area (Å²) in [6, 6.07) is 6.04. The Morgan fingerprint density at radius 3 is 2.57 bits per heavy atom. The lowest BCUT2D eigenvalue weighted by molar-refractivity contribution is -0.136. The van der Waals surface area contributed by atoms with Gasteiger partial charge in [-0.3, -0.25) is 4.79 Å². The van der Waals surface area contributed by atoms with E-state index < -0.39 is 5.97 Å². The van der Waals surface area contributed by atoms with Gasteiger partial charge in [-0.25, -0.2) is 4.39 Å². The van der Waals surface area contributed by atoms with Crippen molar-refractivity contribution in [2.24, 2.45) is 0 Å². The summed E-state index contributed by atoms with van der Waals surface area (Å²) in [4.78, 5) is 11.3. The third kappa shape index (κ3) is 3.79. The average Bonchev–Trinajstić information content (AvgIpc) is 2.07. The molecule has 0 aliphatic heterocycles. The van der Waals surface area contributed by atoms with Crippen LogP contribution in [0.2, 0.25) is 0 Å². The predicted molar refractivity (Wildman–Crippen MR) is 54.0 cm³/mol. The second-order valence-electron chi connectivity index (χ2n) is 2.98. The van der Waals surface area contributed by atoms with Crippen LogP contribution in [-0.2, 0) is 4.79 Å². The van der Waals surface area contributed by atoms with Crippen molar-refractivity contribution in [1.29, 1.82) is 0 Å². The van der Waals surface area contributed by atoms with E-state index in [1.807, 2.05) is 6.92 Å². The molecule has 0 amide bonds. The highest BCUT2D eigenvalue weighted by atomic mass is 32.2. The van der Waals surface area contributed by atoms with Crippen molar-refractivity contribution in [3.8, 4) is 0 Å². The lowest BCUT2D eigenvalue weighted by atomic mass is 10.3. The number of aliphatic carboxylic acids is 1. The first-order chi connectivity index (χ1) is 6.58. The van der Waals surface area contributed by atoms with E-state index in [9.17, 15) is 9.18 Å². The first-order valence-electron chi connectivity index (χ1n) is 4.22. The Morgan fingerprint density at radius 1 is 1.50 bits per heavy atom. The number of carboxylic acid groups (broad SMARTS) is 1. The smallest absolute Gasteiger partial charge is 0.304 e. The Bertz CT molecular complexity index is 310. The molecule has 14 heavy (non-hydrogen) atoms. The topological polar surface area (TPSA) is 37.3 Å². The fourth-order valence-electron chi connectivity index (χ4n) is 1.03. The average molecular weight is 214 g/mol. The predicted octanol–water partition coefficient (Wildman–Crippen LogP) is 2.78. The fourth-order valence-corrected chi connectivity index (χ4v) is 2.02. The fraction of sp³-hybridized carbons (Fsp3) is 0.300. The SMILES string of the molecule is C[C@@H](CC(=O)O)Sc1ccc(F)cc1. The van der Waals surface area contributed by atoms with Gasteiger partial charge in [0.1, 0.15) is 5.82 Å². The quantitative estimate of drug-likeness (QED) is 0.783. The first-order valence-corrected chi connectivity index (χ1v) is 5.10. The summed E-state index contributed by atoms with van der Waals surface area (Å²) in [6.07, 6.45) is 0.113. The van der Waals surface area contributed by atoms with Gasteiger partial charge in [0.15, 0.2) is 0 Å². The molecule has 0 bridgehead atoms. The Balaban J connectivity index is 2.51. The van der Waals surface area contributed by atoms with Gasteiger partial charge < -0.3 is 5.11 Å². The summed E-state index contributed by atoms with van der Waals surface area (Å²) >= 11 is 1.43. The van der Waals surface area contributed by atoms with Crippen LogP contribution in [0.1, 0.15) is 13.3 Å². The highest BCUT2D eigenvalue weighted by molar-refractivity contribution is 8.00. The van der Waals surface area contributed by atoms with Gasteiger partial charge in [-0.05, 0) is 24.3 Å². The molecule has 0 fully saturated rings. The first kappa shape index (κ1) is 11.0. The van der Waals surface area contributed by atoms with E-state index in [-0.39, 0.29) is 17.5 Å². The van der Waals surface area contributed by atoms with Crippen molar-refractivity contribution < 1.29 is 14.3 Å². The molecule has 0 unspecified atom stereocenters. The summed E-state index contributed by atoms with van der Waals surface area (Å²) in [5.41, 5.74) is 0. The highest BCUT2D eigenvalue weighted by Gasteiger charge is 2.08. The zero-order chi connectivity index (χ0) is 10.6. The minimum Gasteiger partial charge on any atom is -0.481 e. The largest absolute Gasteiger partial charge is 0.481 e. The van der Waals surface area contributed by atoms with E-state index in [1.165, 1.54) is 23.9 Å². The van der Waals surface area contributed by atoms with Gasteiger partial charge in [-0.2, -0.15) is 0 Å².